The van der Waals surface area contributed by atoms with Gasteiger partial charge in [-0.1, -0.05) is 18.2 Å². The van der Waals surface area contributed by atoms with Crippen molar-refractivity contribution < 1.29 is 9.72 Å². The fraction of sp³-hybridized carbons (Fsp3) is 0.350. The van der Waals surface area contributed by atoms with Crippen molar-refractivity contribution in [3.8, 4) is 0 Å². The average molecular weight is 370 g/mol. The van der Waals surface area contributed by atoms with Crippen LogP contribution in [0.5, 0.6) is 0 Å². The van der Waals surface area contributed by atoms with Gasteiger partial charge in [0, 0.05) is 17.0 Å². The number of thioether (sulfide) groups is 1. The lowest BCUT2D eigenvalue weighted by atomic mass is 9.89. The smallest absolute Gasteiger partial charge is 0.269 e. The van der Waals surface area contributed by atoms with Crippen LogP contribution < -0.4 is 5.32 Å². The van der Waals surface area contributed by atoms with Crippen LogP contribution in [0.15, 0.2) is 47.4 Å². The number of nitrogens with zero attached hydrogens (tertiary/aromatic N) is 1. The van der Waals surface area contributed by atoms with E-state index in [9.17, 15) is 14.9 Å². The third kappa shape index (κ3) is 4.64. The predicted molar refractivity (Wildman–Crippen MR) is 103 cm³/mol. The van der Waals surface area contributed by atoms with Crippen LogP contribution in [0.4, 0.5) is 5.69 Å². The first-order valence-corrected chi connectivity index (χ1v) is 9.80. The van der Waals surface area contributed by atoms with Gasteiger partial charge in [0.15, 0.2) is 0 Å². The highest BCUT2D eigenvalue weighted by Gasteiger charge is 2.14. The van der Waals surface area contributed by atoms with Gasteiger partial charge in [-0.25, -0.2) is 0 Å². The maximum absolute atomic E-state index is 12.2. The Morgan fingerprint density at radius 2 is 1.85 bits per heavy atom. The Morgan fingerprint density at radius 1 is 1.15 bits per heavy atom. The van der Waals surface area contributed by atoms with Gasteiger partial charge in [-0.3, -0.25) is 14.9 Å². The number of carbonyl (C=O) groups is 1. The van der Waals surface area contributed by atoms with E-state index in [-0.39, 0.29) is 23.4 Å². The number of fused-ring (bicyclic) bond motifs is 1. The summed E-state index contributed by atoms with van der Waals surface area (Å²) >= 11 is 1.37. The van der Waals surface area contributed by atoms with Gasteiger partial charge in [0.2, 0.25) is 5.91 Å². The lowest BCUT2D eigenvalue weighted by molar-refractivity contribution is -0.384. The van der Waals surface area contributed by atoms with Crippen LogP contribution in [-0.4, -0.2) is 16.6 Å². The number of rotatable bonds is 6. The summed E-state index contributed by atoms with van der Waals surface area (Å²) in [4.78, 5) is 23.3. The van der Waals surface area contributed by atoms with Crippen molar-refractivity contribution in [3.63, 3.8) is 0 Å². The Hall–Kier alpha value is -2.34. The molecule has 26 heavy (non-hydrogen) atoms. The summed E-state index contributed by atoms with van der Waals surface area (Å²) in [7, 11) is 0. The standard InChI is InChI=1S/C20H22N2O3S/c1-14(16-7-6-15-4-2-3-5-17(15)12-16)21-20(23)13-26-19-10-8-18(9-11-19)22(24)25/h6-12,14H,2-5,13H2,1H3,(H,21,23)/t14-/m1/s1. The minimum Gasteiger partial charge on any atom is -0.349 e. The quantitative estimate of drug-likeness (QED) is 0.463. The highest BCUT2D eigenvalue weighted by atomic mass is 32.2. The van der Waals surface area contributed by atoms with E-state index in [2.05, 4.69) is 23.5 Å². The van der Waals surface area contributed by atoms with Crippen LogP contribution in [0.3, 0.4) is 0 Å². The van der Waals surface area contributed by atoms with Crippen molar-refractivity contribution >= 4 is 23.4 Å². The average Bonchev–Trinajstić information content (AvgIpc) is 2.66. The first kappa shape index (κ1) is 18.5. The third-order valence-corrected chi connectivity index (χ3v) is 5.68. The lowest BCUT2D eigenvalue weighted by Crippen LogP contribution is -2.28. The molecule has 0 aromatic heterocycles. The van der Waals surface area contributed by atoms with E-state index in [0.717, 1.165) is 23.3 Å². The molecule has 136 valence electrons. The predicted octanol–water partition coefficient (Wildman–Crippen LogP) is 4.44. The van der Waals surface area contributed by atoms with E-state index in [1.807, 2.05) is 6.92 Å². The van der Waals surface area contributed by atoms with Crippen molar-refractivity contribution in [1.82, 2.24) is 5.32 Å². The second kappa shape index (κ2) is 8.36. The molecule has 0 heterocycles. The highest BCUT2D eigenvalue weighted by molar-refractivity contribution is 8.00. The number of aryl methyl sites for hydroxylation is 2. The molecule has 6 heteroatoms. The number of nitro groups is 1. The fourth-order valence-electron chi connectivity index (χ4n) is 3.20. The number of hydrogen-bond acceptors (Lipinski definition) is 4. The van der Waals surface area contributed by atoms with Crippen molar-refractivity contribution in [3.05, 3.63) is 69.3 Å². The number of amides is 1. The summed E-state index contributed by atoms with van der Waals surface area (Å²) < 4.78 is 0. The van der Waals surface area contributed by atoms with Gasteiger partial charge in [0.1, 0.15) is 0 Å². The monoisotopic (exact) mass is 370 g/mol. The molecule has 1 aliphatic rings. The maximum Gasteiger partial charge on any atom is 0.269 e. The number of hydrogen-bond donors (Lipinski definition) is 1. The summed E-state index contributed by atoms with van der Waals surface area (Å²) in [5, 5.41) is 13.7. The Kier molecular flexibility index (Phi) is 5.93. The molecule has 0 unspecified atom stereocenters. The SMILES string of the molecule is C[C@@H](NC(=O)CSc1ccc([N+](=O)[O-])cc1)c1ccc2c(c1)CCCC2. The maximum atomic E-state index is 12.2. The number of carbonyl (C=O) groups excluding carboxylic acids is 1. The molecule has 1 N–H and O–H groups in total. The van der Waals surface area contributed by atoms with E-state index in [4.69, 9.17) is 0 Å². The molecule has 0 bridgehead atoms. The Morgan fingerprint density at radius 3 is 2.54 bits per heavy atom. The Bertz CT molecular complexity index is 805. The van der Waals surface area contributed by atoms with Crippen molar-refractivity contribution in [2.45, 2.75) is 43.5 Å². The minimum atomic E-state index is -0.429. The lowest BCUT2D eigenvalue weighted by Gasteiger charge is -2.20. The van der Waals surface area contributed by atoms with Gasteiger partial charge in [0.05, 0.1) is 16.7 Å². The van der Waals surface area contributed by atoms with E-state index in [1.165, 1.54) is 47.9 Å². The first-order chi connectivity index (χ1) is 12.5. The van der Waals surface area contributed by atoms with Gasteiger partial charge < -0.3 is 5.32 Å². The summed E-state index contributed by atoms with van der Waals surface area (Å²) in [5.41, 5.74) is 4.04. The van der Waals surface area contributed by atoms with Crippen LogP contribution in [0.2, 0.25) is 0 Å². The summed E-state index contributed by atoms with van der Waals surface area (Å²) in [6.45, 7) is 2.00. The van der Waals surface area contributed by atoms with Gasteiger partial charge in [0.25, 0.3) is 5.69 Å². The Balaban J connectivity index is 1.53. The van der Waals surface area contributed by atoms with Gasteiger partial charge in [-0.2, -0.15) is 0 Å². The van der Waals surface area contributed by atoms with Crippen molar-refractivity contribution in [2.24, 2.45) is 0 Å². The highest BCUT2D eigenvalue weighted by Crippen LogP contribution is 2.25. The molecule has 1 aliphatic carbocycles. The van der Waals surface area contributed by atoms with Crippen LogP contribution in [-0.2, 0) is 17.6 Å². The molecule has 0 aliphatic heterocycles. The third-order valence-electron chi connectivity index (χ3n) is 4.67. The normalized spacial score (nSPS) is 14.3. The molecule has 0 fully saturated rings. The van der Waals surface area contributed by atoms with Gasteiger partial charge in [-0.05, 0) is 61.4 Å². The summed E-state index contributed by atoms with van der Waals surface area (Å²) in [6.07, 6.45) is 4.78. The van der Waals surface area contributed by atoms with Crippen LogP contribution in [0.25, 0.3) is 0 Å². The zero-order valence-electron chi connectivity index (χ0n) is 14.7. The Labute approximate surface area is 157 Å². The van der Waals surface area contributed by atoms with Gasteiger partial charge >= 0.3 is 0 Å². The number of nitrogens with one attached hydrogen (secondary N) is 1. The summed E-state index contributed by atoms with van der Waals surface area (Å²) in [5.74, 6) is 0.242. The largest absolute Gasteiger partial charge is 0.349 e. The second-order valence-electron chi connectivity index (χ2n) is 6.56. The van der Waals surface area contributed by atoms with Crippen molar-refractivity contribution in [1.29, 1.82) is 0 Å². The molecule has 0 spiro atoms. The number of benzene rings is 2. The van der Waals surface area contributed by atoms with E-state index in [1.54, 1.807) is 12.1 Å². The molecule has 2 aromatic rings. The zero-order chi connectivity index (χ0) is 18.5. The van der Waals surface area contributed by atoms with Crippen molar-refractivity contribution in [2.75, 3.05) is 5.75 Å². The molecule has 5 nitrogen and oxygen atoms in total. The summed E-state index contributed by atoms with van der Waals surface area (Å²) in [6, 6.07) is 12.7. The molecule has 2 aromatic carbocycles. The minimum absolute atomic E-state index is 0.0350. The number of nitro benzene ring substituents is 1. The number of non-ortho nitro benzene ring substituents is 1. The first-order valence-electron chi connectivity index (χ1n) is 8.81. The molecular formula is C20H22N2O3S. The zero-order valence-corrected chi connectivity index (χ0v) is 15.6. The molecule has 0 saturated carbocycles. The molecule has 1 amide bonds. The second-order valence-corrected chi connectivity index (χ2v) is 7.61. The molecule has 0 saturated heterocycles. The van der Waals surface area contributed by atoms with Crippen LogP contribution in [0, 0.1) is 10.1 Å². The fourth-order valence-corrected chi connectivity index (χ4v) is 3.91. The van der Waals surface area contributed by atoms with E-state index < -0.39 is 4.92 Å². The molecule has 3 rings (SSSR count). The van der Waals surface area contributed by atoms with E-state index in [0.29, 0.717) is 0 Å². The molecule has 1 atom stereocenters. The van der Waals surface area contributed by atoms with E-state index >= 15 is 0 Å². The molecular weight excluding hydrogens is 348 g/mol. The van der Waals surface area contributed by atoms with Gasteiger partial charge in [-0.15, -0.1) is 11.8 Å². The molecule has 0 radical (unpaired) electrons. The van der Waals surface area contributed by atoms with Crippen LogP contribution >= 0.6 is 11.8 Å². The van der Waals surface area contributed by atoms with Crippen LogP contribution in [0.1, 0.15) is 42.5 Å². The topological polar surface area (TPSA) is 72.2 Å².